The van der Waals surface area contributed by atoms with E-state index in [-0.39, 0.29) is 16.5 Å². The van der Waals surface area contributed by atoms with Crippen LogP contribution >= 0.6 is 0 Å². The van der Waals surface area contributed by atoms with Gasteiger partial charge in [0.1, 0.15) is 5.69 Å². The summed E-state index contributed by atoms with van der Waals surface area (Å²) in [5.41, 5.74) is 2.33. The Kier molecular flexibility index (Phi) is 5.79. The Morgan fingerprint density at radius 1 is 1.28 bits per heavy atom. The number of nitrogens with zero attached hydrogens (tertiary/aromatic N) is 2. The SMILES string of the molecule is CCOC(=O)c1cncc(C#CC=CC2=CC(C)(C)CCC2(C)C)n1. The third kappa shape index (κ3) is 5.29. The highest BCUT2D eigenvalue weighted by molar-refractivity contribution is 5.86. The monoisotopic (exact) mass is 338 g/mol. The number of ether oxygens (including phenoxy) is 1. The maximum absolute atomic E-state index is 11.7. The van der Waals surface area contributed by atoms with E-state index in [0.29, 0.717) is 12.3 Å². The van der Waals surface area contributed by atoms with E-state index in [2.05, 4.69) is 61.7 Å². The summed E-state index contributed by atoms with van der Waals surface area (Å²) in [4.78, 5) is 19.8. The number of aromatic nitrogens is 2. The topological polar surface area (TPSA) is 52.1 Å². The highest BCUT2D eigenvalue weighted by Crippen LogP contribution is 2.44. The normalized spacial score (nSPS) is 18.2. The molecule has 0 amide bonds. The second-order valence-electron chi connectivity index (χ2n) is 7.58. The molecule has 1 aliphatic carbocycles. The minimum absolute atomic E-state index is 0.164. The molecule has 1 aromatic rings. The summed E-state index contributed by atoms with van der Waals surface area (Å²) < 4.78 is 4.92. The molecule has 0 spiro atoms. The highest BCUT2D eigenvalue weighted by Gasteiger charge is 2.31. The van der Waals surface area contributed by atoms with Gasteiger partial charge in [0, 0.05) is 0 Å². The molecular weight excluding hydrogens is 312 g/mol. The van der Waals surface area contributed by atoms with Gasteiger partial charge in [0.05, 0.1) is 19.0 Å². The molecule has 1 heterocycles. The smallest absolute Gasteiger partial charge is 0.358 e. The first kappa shape index (κ1) is 18.9. The van der Waals surface area contributed by atoms with Crippen molar-refractivity contribution in [1.82, 2.24) is 9.97 Å². The molecule has 0 saturated heterocycles. The third-order valence-electron chi connectivity index (χ3n) is 4.39. The first-order valence-corrected chi connectivity index (χ1v) is 8.64. The summed E-state index contributed by atoms with van der Waals surface area (Å²) >= 11 is 0. The van der Waals surface area contributed by atoms with Crippen molar-refractivity contribution in [2.75, 3.05) is 6.61 Å². The Bertz CT molecular complexity index is 762. The molecule has 0 bridgehead atoms. The predicted octanol–water partition coefficient (Wildman–Crippen LogP) is 4.33. The zero-order valence-corrected chi connectivity index (χ0v) is 15.7. The fourth-order valence-corrected chi connectivity index (χ4v) is 2.72. The molecule has 4 nitrogen and oxygen atoms in total. The minimum atomic E-state index is -0.481. The lowest BCUT2D eigenvalue weighted by Gasteiger charge is -2.37. The Morgan fingerprint density at radius 2 is 2.04 bits per heavy atom. The molecule has 0 radical (unpaired) electrons. The standard InChI is InChI=1S/C21H26N2O2/c1-6-25-19(24)18-15-22-14-17(23-18)10-8-7-9-16-13-20(2,3)11-12-21(16,4)5/h7,9,13-15H,6,11-12H2,1-5H3. The van der Waals surface area contributed by atoms with Crippen LogP contribution in [-0.4, -0.2) is 22.5 Å². The van der Waals surface area contributed by atoms with Crippen molar-refractivity contribution >= 4 is 5.97 Å². The van der Waals surface area contributed by atoms with Gasteiger partial charge in [0.25, 0.3) is 0 Å². The molecule has 0 aromatic carbocycles. The van der Waals surface area contributed by atoms with Gasteiger partial charge in [0.15, 0.2) is 5.69 Å². The molecule has 0 atom stereocenters. The summed E-state index contributed by atoms with van der Waals surface area (Å²) in [6.07, 6.45) is 11.5. The van der Waals surface area contributed by atoms with Gasteiger partial charge in [-0.1, -0.05) is 45.8 Å². The number of allylic oxidation sites excluding steroid dienone is 4. The summed E-state index contributed by atoms with van der Waals surface area (Å²) in [5, 5.41) is 0. The molecule has 0 unspecified atom stereocenters. The van der Waals surface area contributed by atoms with E-state index in [0.717, 1.165) is 6.42 Å². The number of carbonyl (C=O) groups is 1. The average Bonchev–Trinajstić information content (AvgIpc) is 2.55. The van der Waals surface area contributed by atoms with Gasteiger partial charge in [-0.25, -0.2) is 9.78 Å². The predicted molar refractivity (Wildman–Crippen MR) is 98.9 cm³/mol. The van der Waals surface area contributed by atoms with Crippen LogP contribution in [0.25, 0.3) is 0 Å². The molecule has 25 heavy (non-hydrogen) atoms. The first-order valence-electron chi connectivity index (χ1n) is 8.64. The van der Waals surface area contributed by atoms with E-state index < -0.39 is 5.97 Å². The fourth-order valence-electron chi connectivity index (χ4n) is 2.72. The van der Waals surface area contributed by atoms with Crippen LogP contribution < -0.4 is 0 Å². The minimum Gasteiger partial charge on any atom is -0.461 e. The van der Waals surface area contributed by atoms with Gasteiger partial charge in [-0.2, -0.15) is 0 Å². The van der Waals surface area contributed by atoms with Crippen molar-refractivity contribution in [1.29, 1.82) is 0 Å². The lowest BCUT2D eigenvalue weighted by atomic mass is 9.67. The quantitative estimate of drug-likeness (QED) is 0.608. The Balaban J connectivity index is 2.14. The first-order chi connectivity index (χ1) is 11.7. The molecule has 0 aliphatic heterocycles. The molecule has 132 valence electrons. The van der Waals surface area contributed by atoms with Gasteiger partial charge >= 0.3 is 5.97 Å². The van der Waals surface area contributed by atoms with Crippen LogP contribution in [-0.2, 0) is 4.74 Å². The van der Waals surface area contributed by atoms with Crippen molar-refractivity contribution in [2.24, 2.45) is 10.8 Å². The lowest BCUT2D eigenvalue weighted by Crippen LogP contribution is -2.25. The van der Waals surface area contributed by atoms with E-state index in [1.165, 1.54) is 24.4 Å². The molecule has 0 N–H and O–H groups in total. The van der Waals surface area contributed by atoms with Crippen LogP contribution in [0.1, 0.15) is 63.6 Å². The molecule has 2 rings (SSSR count). The van der Waals surface area contributed by atoms with Crippen LogP contribution in [0.2, 0.25) is 0 Å². The van der Waals surface area contributed by atoms with E-state index in [4.69, 9.17) is 4.74 Å². The molecule has 0 fully saturated rings. The number of hydrogen-bond donors (Lipinski definition) is 0. The van der Waals surface area contributed by atoms with Gasteiger partial charge in [-0.15, -0.1) is 0 Å². The summed E-state index contributed by atoms with van der Waals surface area (Å²) in [6.45, 7) is 11.1. The maximum atomic E-state index is 11.7. The Hall–Kier alpha value is -2.41. The number of carbonyl (C=O) groups excluding carboxylic acids is 1. The largest absolute Gasteiger partial charge is 0.461 e. The summed E-state index contributed by atoms with van der Waals surface area (Å²) in [5.74, 6) is 5.43. The molecule has 1 aromatic heterocycles. The van der Waals surface area contributed by atoms with E-state index >= 15 is 0 Å². The highest BCUT2D eigenvalue weighted by atomic mass is 16.5. The lowest BCUT2D eigenvalue weighted by molar-refractivity contribution is 0.0519. The van der Waals surface area contributed by atoms with E-state index in [9.17, 15) is 4.79 Å². The molecular formula is C21H26N2O2. The van der Waals surface area contributed by atoms with Gasteiger partial charge in [-0.05, 0) is 48.2 Å². The zero-order valence-electron chi connectivity index (χ0n) is 15.7. The van der Waals surface area contributed by atoms with Crippen molar-refractivity contribution in [3.05, 3.63) is 47.6 Å². The Labute approximate surface area is 150 Å². The second kappa shape index (κ2) is 7.65. The summed E-state index contributed by atoms with van der Waals surface area (Å²) in [7, 11) is 0. The van der Waals surface area contributed by atoms with Crippen LogP contribution in [0.15, 0.2) is 36.2 Å². The van der Waals surface area contributed by atoms with Gasteiger partial charge < -0.3 is 4.74 Å². The van der Waals surface area contributed by atoms with Crippen molar-refractivity contribution in [3.63, 3.8) is 0 Å². The van der Waals surface area contributed by atoms with Crippen LogP contribution in [0, 0.1) is 22.7 Å². The van der Waals surface area contributed by atoms with E-state index in [1.807, 2.05) is 6.08 Å². The molecule has 1 aliphatic rings. The van der Waals surface area contributed by atoms with Crippen LogP contribution in [0.5, 0.6) is 0 Å². The van der Waals surface area contributed by atoms with E-state index in [1.54, 1.807) is 6.92 Å². The van der Waals surface area contributed by atoms with Crippen molar-refractivity contribution in [3.8, 4) is 11.8 Å². The zero-order chi connectivity index (χ0) is 18.5. The summed E-state index contributed by atoms with van der Waals surface area (Å²) in [6, 6.07) is 0. The van der Waals surface area contributed by atoms with Gasteiger partial charge in [0.2, 0.25) is 0 Å². The fraction of sp³-hybridized carbons (Fsp3) is 0.476. The van der Waals surface area contributed by atoms with Gasteiger partial charge in [-0.3, -0.25) is 4.98 Å². The maximum Gasteiger partial charge on any atom is 0.358 e. The molecule has 4 heteroatoms. The van der Waals surface area contributed by atoms with Crippen LogP contribution in [0.3, 0.4) is 0 Å². The van der Waals surface area contributed by atoms with Crippen molar-refractivity contribution in [2.45, 2.75) is 47.5 Å². The number of esters is 1. The molecule has 0 saturated carbocycles. The third-order valence-corrected chi connectivity index (χ3v) is 4.39. The van der Waals surface area contributed by atoms with Crippen molar-refractivity contribution < 1.29 is 9.53 Å². The van der Waals surface area contributed by atoms with Crippen LogP contribution in [0.4, 0.5) is 0 Å². The Morgan fingerprint density at radius 3 is 2.76 bits per heavy atom. The number of rotatable bonds is 3. The average molecular weight is 338 g/mol. The second-order valence-corrected chi connectivity index (χ2v) is 7.58. The number of hydrogen-bond acceptors (Lipinski definition) is 4.